The number of aliphatic hydroxyl groups is 1. The van der Waals surface area contributed by atoms with E-state index in [0.29, 0.717) is 19.1 Å². The summed E-state index contributed by atoms with van der Waals surface area (Å²) < 4.78 is 7.46. The molecule has 20 heavy (non-hydrogen) atoms. The maximum atomic E-state index is 9.85. The second kappa shape index (κ2) is 9.77. The molecule has 0 radical (unpaired) electrons. The fourth-order valence-corrected chi connectivity index (χ4v) is 2.92. The number of aliphatic hydroxyl groups excluding tert-OH is 1. The smallest absolute Gasteiger partial charge is 0.0945 e. The summed E-state index contributed by atoms with van der Waals surface area (Å²) in [5, 5.41) is 13.1. The largest absolute Gasteiger partial charge is 0.389 e. The van der Waals surface area contributed by atoms with Gasteiger partial charge >= 0.3 is 0 Å². The van der Waals surface area contributed by atoms with Crippen molar-refractivity contribution in [3.05, 3.63) is 27.1 Å². The van der Waals surface area contributed by atoms with E-state index in [0.717, 1.165) is 27.7 Å². The van der Waals surface area contributed by atoms with Crippen LogP contribution in [0, 0.1) is 5.92 Å². The van der Waals surface area contributed by atoms with Gasteiger partial charge in [0.25, 0.3) is 0 Å². The molecule has 1 rings (SSSR count). The lowest BCUT2D eigenvalue weighted by molar-refractivity contribution is 0.0409. The quantitative estimate of drug-likeness (QED) is 0.593. The molecule has 3 nitrogen and oxygen atoms in total. The van der Waals surface area contributed by atoms with Crippen LogP contribution >= 0.6 is 31.9 Å². The average Bonchev–Trinajstić information content (AvgIpc) is 2.37. The summed E-state index contributed by atoms with van der Waals surface area (Å²) >= 11 is 6.89. The third-order valence-electron chi connectivity index (χ3n) is 2.84. The summed E-state index contributed by atoms with van der Waals surface area (Å²) in [6.07, 6.45) is 1.72. The van der Waals surface area contributed by atoms with E-state index >= 15 is 0 Å². The van der Waals surface area contributed by atoms with Crippen molar-refractivity contribution >= 4 is 37.5 Å². The molecular weight excluding hydrogens is 386 g/mol. The molecule has 2 N–H and O–H groups in total. The summed E-state index contributed by atoms with van der Waals surface area (Å²) in [5.74, 6) is 0.708. The van der Waals surface area contributed by atoms with Crippen molar-refractivity contribution in [3.8, 4) is 0 Å². The van der Waals surface area contributed by atoms with Gasteiger partial charge in [-0.25, -0.2) is 0 Å². The van der Waals surface area contributed by atoms with Crippen molar-refractivity contribution in [2.75, 3.05) is 25.1 Å². The van der Waals surface area contributed by atoms with Crippen molar-refractivity contribution in [1.82, 2.24) is 0 Å². The Bertz CT molecular complexity index is 399. The Morgan fingerprint density at radius 1 is 1.30 bits per heavy atom. The van der Waals surface area contributed by atoms with E-state index in [1.165, 1.54) is 6.42 Å². The van der Waals surface area contributed by atoms with Crippen LogP contribution in [-0.2, 0) is 4.74 Å². The monoisotopic (exact) mass is 407 g/mol. The number of hydrogen-bond acceptors (Lipinski definition) is 3. The van der Waals surface area contributed by atoms with Gasteiger partial charge < -0.3 is 15.2 Å². The van der Waals surface area contributed by atoms with Crippen LogP contribution in [0.1, 0.15) is 26.7 Å². The summed E-state index contributed by atoms with van der Waals surface area (Å²) in [6.45, 7) is 5.98. The number of hydrogen-bond donors (Lipinski definition) is 2. The normalized spacial score (nSPS) is 12.7. The van der Waals surface area contributed by atoms with Crippen LogP contribution in [0.3, 0.4) is 0 Å². The molecule has 1 aromatic rings. The number of benzene rings is 1. The molecule has 0 bridgehead atoms. The minimum absolute atomic E-state index is 0.374. The van der Waals surface area contributed by atoms with E-state index in [-0.39, 0.29) is 0 Å². The Kier molecular flexibility index (Phi) is 8.77. The van der Waals surface area contributed by atoms with E-state index in [4.69, 9.17) is 4.74 Å². The molecule has 0 aliphatic carbocycles. The van der Waals surface area contributed by atoms with Crippen molar-refractivity contribution in [2.45, 2.75) is 32.8 Å². The molecule has 0 aromatic heterocycles. The second-order valence-corrected chi connectivity index (χ2v) is 7.04. The van der Waals surface area contributed by atoms with Gasteiger partial charge in [-0.1, -0.05) is 29.8 Å². The summed E-state index contributed by atoms with van der Waals surface area (Å²) in [6, 6.07) is 5.89. The lowest BCUT2D eigenvalue weighted by atomic mass is 10.1. The number of nitrogens with one attached hydrogen (secondary N) is 1. The Morgan fingerprint density at radius 2 is 2.05 bits per heavy atom. The highest BCUT2D eigenvalue weighted by atomic mass is 79.9. The number of rotatable bonds is 9. The fraction of sp³-hybridized carbons (Fsp3) is 0.600. The molecule has 1 atom stereocenters. The molecule has 1 unspecified atom stereocenters. The van der Waals surface area contributed by atoms with Gasteiger partial charge in [0, 0.05) is 27.8 Å². The zero-order chi connectivity index (χ0) is 15.0. The molecule has 0 aliphatic rings. The van der Waals surface area contributed by atoms with E-state index in [2.05, 4.69) is 51.0 Å². The van der Waals surface area contributed by atoms with E-state index < -0.39 is 6.10 Å². The minimum atomic E-state index is -0.496. The molecule has 0 aliphatic heterocycles. The van der Waals surface area contributed by atoms with Gasteiger partial charge in [0.05, 0.1) is 12.7 Å². The van der Waals surface area contributed by atoms with E-state index in [1.807, 2.05) is 18.2 Å². The Labute approximate surface area is 138 Å². The fourth-order valence-electron chi connectivity index (χ4n) is 1.73. The third-order valence-corrected chi connectivity index (χ3v) is 3.99. The molecule has 0 fully saturated rings. The van der Waals surface area contributed by atoms with Gasteiger partial charge in [0.2, 0.25) is 0 Å². The average molecular weight is 409 g/mol. The zero-order valence-electron chi connectivity index (χ0n) is 12.0. The van der Waals surface area contributed by atoms with Crippen LogP contribution in [0.15, 0.2) is 27.1 Å². The first-order chi connectivity index (χ1) is 9.49. The van der Waals surface area contributed by atoms with Gasteiger partial charge in [-0.15, -0.1) is 0 Å². The van der Waals surface area contributed by atoms with E-state index in [9.17, 15) is 5.11 Å². The van der Waals surface area contributed by atoms with Crippen molar-refractivity contribution < 1.29 is 9.84 Å². The molecule has 5 heteroatoms. The molecule has 0 saturated heterocycles. The molecule has 0 spiro atoms. The van der Waals surface area contributed by atoms with Crippen molar-refractivity contribution in [1.29, 1.82) is 0 Å². The van der Waals surface area contributed by atoms with E-state index in [1.54, 1.807) is 0 Å². The van der Waals surface area contributed by atoms with Gasteiger partial charge in [-0.3, -0.25) is 0 Å². The standard InChI is InChI=1S/C15H23Br2NO2/c1-11(2)4-3-7-20-10-13(19)9-18-15-6-5-12(16)8-14(15)17/h5-6,8,11,13,18-19H,3-4,7,9-10H2,1-2H3. The Balaban J connectivity index is 2.18. The first-order valence-corrected chi connectivity index (χ1v) is 8.52. The SMILES string of the molecule is CC(C)CCCOCC(O)CNc1ccc(Br)cc1Br. The second-order valence-electron chi connectivity index (χ2n) is 5.27. The predicted molar refractivity (Wildman–Crippen MR) is 91.2 cm³/mol. The summed E-state index contributed by atoms with van der Waals surface area (Å²) in [5.41, 5.74) is 0.965. The third kappa shape index (κ3) is 7.62. The van der Waals surface area contributed by atoms with Gasteiger partial charge in [0.1, 0.15) is 0 Å². The van der Waals surface area contributed by atoms with Crippen LogP contribution in [-0.4, -0.2) is 31.0 Å². The van der Waals surface area contributed by atoms with Gasteiger partial charge in [-0.05, 0) is 52.9 Å². The Morgan fingerprint density at radius 3 is 2.70 bits per heavy atom. The molecular formula is C15H23Br2NO2. The van der Waals surface area contributed by atoms with Crippen LogP contribution in [0.4, 0.5) is 5.69 Å². The maximum absolute atomic E-state index is 9.85. The zero-order valence-corrected chi connectivity index (χ0v) is 15.2. The molecule has 0 saturated carbocycles. The number of anilines is 1. The predicted octanol–water partition coefficient (Wildman–Crippen LogP) is 4.44. The van der Waals surface area contributed by atoms with Gasteiger partial charge in [0.15, 0.2) is 0 Å². The van der Waals surface area contributed by atoms with Crippen molar-refractivity contribution in [2.24, 2.45) is 5.92 Å². The first kappa shape index (κ1) is 18.0. The van der Waals surface area contributed by atoms with Crippen LogP contribution in [0.2, 0.25) is 0 Å². The molecule has 0 heterocycles. The summed E-state index contributed by atoms with van der Waals surface area (Å²) in [7, 11) is 0. The lowest BCUT2D eigenvalue weighted by Gasteiger charge is -2.14. The topological polar surface area (TPSA) is 41.5 Å². The number of ether oxygens (including phenoxy) is 1. The minimum Gasteiger partial charge on any atom is -0.389 e. The van der Waals surface area contributed by atoms with Crippen LogP contribution in [0.5, 0.6) is 0 Å². The number of halogens is 2. The molecule has 114 valence electrons. The summed E-state index contributed by atoms with van der Waals surface area (Å²) in [4.78, 5) is 0. The molecule has 1 aromatic carbocycles. The molecule has 0 amide bonds. The Hall–Kier alpha value is -0.100. The van der Waals surface area contributed by atoms with Gasteiger partial charge in [-0.2, -0.15) is 0 Å². The van der Waals surface area contributed by atoms with Crippen LogP contribution in [0.25, 0.3) is 0 Å². The van der Waals surface area contributed by atoms with Crippen molar-refractivity contribution in [3.63, 3.8) is 0 Å². The maximum Gasteiger partial charge on any atom is 0.0945 e. The highest BCUT2D eigenvalue weighted by molar-refractivity contribution is 9.11. The van der Waals surface area contributed by atoms with Crippen LogP contribution < -0.4 is 5.32 Å². The highest BCUT2D eigenvalue weighted by Crippen LogP contribution is 2.25. The first-order valence-electron chi connectivity index (χ1n) is 6.93. The highest BCUT2D eigenvalue weighted by Gasteiger charge is 2.06. The lowest BCUT2D eigenvalue weighted by Crippen LogP contribution is -2.25.